The number of carboxylic acid groups (broad SMARTS) is 1. The molecule has 1 aliphatic heterocycles. The molecule has 0 unspecified atom stereocenters. The third-order valence-corrected chi connectivity index (χ3v) is 7.23. The van der Waals surface area contributed by atoms with Gasteiger partial charge in [0.2, 0.25) is 0 Å². The molecule has 2 aromatic carbocycles. The summed E-state index contributed by atoms with van der Waals surface area (Å²) in [6.07, 6.45) is 2.15. The Kier molecular flexibility index (Phi) is 6.88. The Labute approximate surface area is 223 Å². The molecule has 192 valence electrons. The fourth-order valence-electron chi connectivity index (χ4n) is 4.66. The summed E-state index contributed by atoms with van der Waals surface area (Å²) in [6.45, 7) is 4.83. The molecule has 1 saturated heterocycles. The maximum Gasteiger partial charge on any atom is 0.328 e. The van der Waals surface area contributed by atoms with Crippen molar-refractivity contribution in [3.8, 4) is 17.0 Å². The normalized spacial score (nSPS) is 15.6. The van der Waals surface area contributed by atoms with E-state index >= 15 is 0 Å². The maximum absolute atomic E-state index is 13.0. The van der Waals surface area contributed by atoms with E-state index in [9.17, 15) is 14.7 Å². The van der Waals surface area contributed by atoms with E-state index in [1.54, 1.807) is 35.4 Å². The van der Waals surface area contributed by atoms with E-state index < -0.39 is 11.9 Å². The summed E-state index contributed by atoms with van der Waals surface area (Å²) in [4.78, 5) is 25.8. The van der Waals surface area contributed by atoms with Crippen LogP contribution in [0.1, 0.15) is 37.5 Å². The molecule has 1 N–H and O–H groups in total. The molecule has 1 aliphatic rings. The number of aliphatic carboxylic acids is 1. The van der Waals surface area contributed by atoms with Gasteiger partial charge >= 0.3 is 12.0 Å². The molecule has 2 aromatic heterocycles. The number of aromatic nitrogens is 2. The minimum Gasteiger partial charge on any atom is -0.489 e. The molecule has 0 bridgehead atoms. The van der Waals surface area contributed by atoms with Crippen molar-refractivity contribution in [2.45, 2.75) is 32.8 Å². The lowest BCUT2D eigenvalue weighted by atomic mass is 10.0. The van der Waals surface area contributed by atoms with Gasteiger partial charge in [0.15, 0.2) is 0 Å². The van der Waals surface area contributed by atoms with Crippen LogP contribution < -0.4 is 4.74 Å². The number of nitrogens with zero attached hydrogens (tertiary/aromatic N) is 3. The Morgan fingerprint density at radius 2 is 1.95 bits per heavy atom. The third-order valence-electron chi connectivity index (χ3n) is 6.60. The molecule has 5 rings (SSSR count). The first-order chi connectivity index (χ1) is 17.7. The molecule has 8 nitrogen and oxygen atoms in total. The van der Waals surface area contributed by atoms with Crippen molar-refractivity contribution >= 4 is 46.1 Å². The van der Waals surface area contributed by atoms with Crippen molar-refractivity contribution in [3.63, 3.8) is 0 Å². The molecule has 10 heteroatoms. The van der Waals surface area contributed by atoms with E-state index in [0.717, 1.165) is 10.9 Å². The van der Waals surface area contributed by atoms with Crippen molar-refractivity contribution in [1.82, 2.24) is 14.6 Å². The van der Waals surface area contributed by atoms with Gasteiger partial charge in [-0.05, 0) is 42.8 Å². The lowest BCUT2D eigenvalue weighted by Crippen LogP contribution is -2.33. The number of carboxylic acids is 1. The van der Waals surface area contributed by atoms with Crippen LogP contribution in [0.2, 0.25) is 10.0 Å². The lowest BCUT2D eigenvalue weighted by molar-refractivity contribution is -0.141. The van der Waals surface area contributed by atoms with Crippen molar-refractivity contribution in [3.05, 3.63) is 70.0 Å². The fourth-order valence-corrected chi connectivity index (χ4v) is 5.23. The van der Waals surface area contributed by atoms with Crippen molar-refractivity contribution < 1.29 is 24.0 Å². The Morgan fingerprint density at radius 1 is 1.19 bits per heavy atom. The smallest absolute Gasteiger partial charge is 0.328 e. The van der Waals surface area contributed by atoms with Gasteiger partial charge in [-0.3, -0.25) is 9.36 Å². The van der Waals surface area contributed by atoms with Crippen LogP contribution >= 0.6 is 23.2 Å². The Morgan fingerprint density at radius 3 is 2.62 bits per heavy atom. The van der Waals surface area contributed by atoms with Crippen molar-refractivity contribution in [2.24, 2.45) is 5.92 Å². The zero-order valence-electron chi connectivity index (χ0n) is 20.3. The molecule has 4 aromatic rings. The highest BCUT2D eigenvalue weighted by Crippen LogP contribution is 2.39. The van der Waals surface area contributed by atoms with Gasteiger partial charge in [-0.15, -0.1) is 0 Å². The van der Waals surface area contributed by atoms with E-state index in [2.05, 4.69) is 5.16 Å². The SMILES string of the molecule is CC(C)c1onc(-c2c(Cl)cccc2Cl)c1COc1ccc2c(ccn2C(=O)N2CC[C@@H](C(=O)O)C2)c1. The second-order valence-corrected chi connectivity index (χ2v) is 10.2. The van der Waals surface area contributed by atoms with E-state index in [0.29, 0.717) is 51.3 Å². The van der Waals surface area contributed by atoms with Gasteiger partial charge in [0.05, 0.1) is 27.0 Å². The van der Waals surface area contributed by atoms with Crippen LogP contribution in [0, 0.1) is 5.92 Å². The third kappa shape index (κ3) is 4.79. The molecule has 1 amide bonds. The number of carbonyl (C=O) groups excluding carboxylic acids is 1. The van der Waals surface area contributed by atoms with Crippen molar-refractivity contribution in [1.29, 1.82) is 0 Å². The van der Waals surface area contributed by atoms with Gasteiger partial charge in [-0.25, -0.2) is 4.79 Å². The lowest BCUT2D eigenvalue weighted by Gasteiger charge is -2.17. The quantitative estimate of drug-likeness (QED) is 0.292. The minimum absolute atomic E-state index is 0.0648. The molecule has 3 heterocycles. The average molecular weight is 542 g/mol. The highest BCUT2D eigenvalue weighted by molar-refractivity contribution is 6.39. The number of halogens is 2. The number of hydrogen-bond donors (Lipinski definition) is 1. The van der Waals surface area contributed by atoms with Crippen LogP contribution in [0.15, 0.2) is 53.2 Å². The summed E-state index contributed by atoms with van der Waals surface area (Å²) in [5, 5.41) is 15.3. The van der Waals surface area contributed by atoms with Crippen LogP contribution in [-0.4, -0.2) is 44.8 Å². The number of ether oxygens (including phenoxy) is 1. The second-order valence-electron chi connectivity index (χ2n) is 9.37. The summed E-state index contributed by atoms with van der Waals surface area (Å²) in [7, 11) is 0. The fraction of sp³-hybridized carbons (Fsp3) is 0.296. The first kappa shape index (κ1) is 25.2. The van der Waals surface area contributed by atoms with Gasteiger partial charge in [0.1, 0.15) is 23.8 Å². The summed E-state index contributed by atoms with van der Waals surface area (Å²) in [5.74, 6) is -0.0340. The van der Waals surface area contributed by atoms with Crippen LogP contribution in [0.4, 0.5) is 4.79 Å². The van der Waals surface area contributed by atoms with Crippen LogP contribution in [-0.2, 0) is 11.4 Å². The van der Waals surface area contributed by atoms with Gasteiger partial charge < -0.3 is 19.3 Å². The predicted octanol–water partition coefficient (Wildman–Crippen LogP) is 6.68. The first-order valence-electron chi connectivity index (χ1n) is 11.9. The highest BCUT2D eigenvalue weighted by atomic mass is 35.5. The zero-order valence-corrected chi connectivity index (χ0v) is 21.8. The zero-order chi connectivity index (χ0) is 26.3. The largest absolute Gasteiger partial charge is 0.489 e. The Bertz CT molecular complexity index is 1470. The summed E-state index contributed by atoms with van der Waals surface area (Å²) in [6, 6.07) is 12.3. The average Bonchev–Trinajstić information content (AvgIpc) is 3.60. The molecule has 0 saturated carbocycles. The molecule has 37 heavy (non-hydrogen) atoms. The molecule has 0 spiro atoms. The number of benzene rings is 2. The van der Waals surface area contributed by atoms with Gasteiger partial charge in [-0.1, -0.05) is 48.3 Å². The van der Waals surface area contributed by atoms with E-state index in [1.807, 2.05) is 32.0 Å². The Balaban J connectivity index is 1.38. The van der Waals surface area contributed by atoms with Crippen LogP contribution in [0.3, 0.4) is 0 Å². The van der Waals surface area contributed by atoms with Crippen molar-refractivity contribution in [2.75, 3.05) is 13.1 Å². The number of hydrogen-bond acceptors (Lipinski definition) is 5. The summed E-state index contributed by atoms with van der Waals surface area (Å²) >= 11 is 12.9. The van der Waals surface area contributed by atoms with Crippen LogP contribution in [0.25, 0.3) is 22.2 Å². The van der Waals surface area contributed by atoms with Gasteiger partial charge in [0.25, 0.3) is 0 Å². The number of fused-ring (bicyclic) bond motifs is 1. The monoisotopic (exact) mass is 541 g/mol. The summed E-state index contributed by atoms with van der Waals surface area (Å²) < 4.78 is 13.3. The second kappa shape index (κ2) is 10.1. The standard InChI is InChI=1S/C27H25Cl2N3O5/c1-15(2)25-19(24(30-37-25)23-20(28)4-3-5-21(23)29)14-36-18-6-7-22-16(12-18)9-11-32(22)27(35)31-10-8-17(13-31)26(33)34/h3-7,9,11-12,15,17H,8,10,13-14H2,1-2H3,(H,33,34)/t17-/m1/s1. The molecule has 1 fully saturated rings. The summed E-state index contributed by atoms with van der Waals surface area (Å²) in [5.41, 5.74) is 2.62. The number of likely N-dealkylation sites (tertiary alicyclic amines) is 1. The van der Waals surface area contributed by atoms with E-state index in [1.165, 1.54) is 4.57 Å². The van der Waals surface area contributed by atoms with E-state index in [4.69, 9.17) is 32.5 Å². The molecule has 1 atom stereocenters. The number of amides is 1. The number of carbonyl (C=O) groups is 2. The number of rotatable bonds is 6. The van der Waals surface area contributed by atoms with Gasteiger partial charge in [-0.2, -0.15) is 0 Å². The maximum atomic E-state index is 13.0. The predicted molar refractivity (Wildman–Crippen MR) is 140 cm³/mol. The Hall–Kier alpha value is -3.49. The highest BCUT2D eigenvalue weighted by Gasteiger charge is 2.32. The topological polar surface area (TPSA) is 97.8 Å². The molecular weight excluding hydrogens is 517 g/mol. The molecular formula is C27H25Cl2N3O5. The minimum atomic E-state index is -0.872. The van der Waals surface area contributed by atoms with E-state index in [-0.39, 0.29) is 25.1 Å². The molecule has 0 aliphatic carbocycles. The first-order valence-corrected chi connectivity index (χ1v) is 12.7. The molecule has 0 radical (unpaired) electrons. The van der Waals surface area contributed by atoms with Gasteiger partial charge in [0, 0.05) is 36.2 Å². The van der Waals surface area contributed by atoms with Crippen LogP contribution in [0.5, 0.6) is 5.75 Å².